The molecule has 2 saturated heterocycles. The van der Waals surface area contributed by atoms with Crippen molar-refractivity contribution in [2.75, 3.05) is 31.5 Å². The number of nitrogens with one attached hydrogen (secondary N) is 1. The molecule has 2 aromatic carbocycles. The summed E-state index contributed by atoms with van der Waals surface area (Å²) >= 11 is 5.96. The van der Waals surface area contributed by atoms with Crippen molar-refractivity contribution in [2.45, 2.75) is 44.2 Å². The Hall–Kier alpha value is -2.30. The average Bonchev–Trinajstić information content (AvgIpc) is 3.19. The first kappa shape index (κ1) is 25.8. The van der Waals surface area contributed by atoms with Gasteiger partial charge in [-0.05, 0) is 67.9 Å². The van der Waals surface area contributed by atoms with E-state index in [4.69, 9.17) is 11.6 Å². The number of para-hydroxylation sites is 1. The van der Waals surface area contributed by atoms with Crippen molar-refractivity contribution in [2.24, 2.45) is 5.41 Å². The van der Waals surface area contributed by atoms with Gasteiger partial charge in [-0.2, -0.15) is 17.5 Å². The molecule has 2 fully saturated rings. The number of hydrogen-bond acceptors (Lipinski definition) is 3. The van der Waals surface area contributed by atoms with E-state index < -0.39 is 33.5 Å². The van der Waals surface area contributed by atoms with Crippen LogP contribution in [-0.2, 0) is 16.2 Å². The van der Waals surface area contributed by atoms with Gasteiger partial charge in [-0.25, -0.2) is 13.2 Å². The molecule has 2 heterocycles. The van der Waals surface area contributed by atoms with E-state index in [1.807, 2.05) is 13.0 Å². The number of aryl methyl sites for hydroxylation is 2. The molecular weight excluding hydrogens is 503 g/mol. The Morgan fingerprint density at radius 3 is 2.37 bits per heavy atom. The molecule has 0 radical (unpaired) electrons. The Balaban J connectivity index is 1.43. The molecule has 6 nitrogen and oxygen atoms in total. The molecule has 2 aliphatic heterocycles. The van der Waals surface area contributed by atoms with E-state index in [0.29, 0.717) is 55.9 Å². The highest BCUT2D eigenvalue weighted by molar-refractivity contribution is 7.89. The molecule has 0 saturated carbocycles. The third-order valence-corrected chi connectivity index (χ3v) is 9.38. The van der Waals surface area contributed by atoms with E-state index >= 15 is 0 Å². The summed E-state index contributed by atoms with van der Waals surface area (Å²) in [7, 11) is -3.64. The highest BCUT2D eigenvalue weighted by atomic mass is 35.5. The number of rotatable bonds is 3. The Bertz CT molecular complexity index is 1240. The SMILES string of the molecule is Cc1ccc(C)c(S(=O)(=O)N2CCC3(CCN(C(=O)Nc4c(Cl)cccc4C(F)(F)F)C3)CC2)c1. The molecule has 1 spiro atoms. The Labute approximate surface area is 208 Å². The molecule has 0 unspecified atom stereocenters. The van der Waals surface area contributed by atoms with Crippen LogP contribution < -0.4 is 5.32 Å². The molecule has 1 N–H and O–H groups in total. The van der Waals surface area contributed by atoms with Crippen LogP contribution in [0.1, 0.15) is 36.0 Å². The van der Waals surface area contributed by atoms with Crippen LogP contribution in [-0.4, -0.2) is 49.8 Å². The predicted molar refractivity (Wildman–Crippen MR) is 128 cm³/mol. The number of carbonyl (C=O) groups excluding carboxylic acids is 1. The van der Waals surface area contributed by atoms with Crippen molar-refractivity contribution in [3.8, 4) is 0 Å². The number of hydrogen-bond donors (Lipinski definition) is 1. The average molecular weight is 530 g/mol. The lowest BCUT2D eigenvalue weighted by Crippen LogP contribution is -2.45. The van der Waals surface area contributed by atoms with Gasteiger partial charge in [0.05, 0.1) is 21.2 Å². The Morgan fingerprint density at radius 2 is 1.71 bits per heavy atom. The number of anilines is 1. The summed E-state index contributed by atoms with van der Waals surface area (Å²) in [6.45, 7) is 5.00. The number of carbonyl (C=O) groups is 1. The maximum absolute atomic E-state index is 13.4. The van der Waals surface area contributed by atoms with Crippen LogP contribution in [0.3, 0.4) is 0 Å². The summed E-state index contributed by atoms with van der Waals surface area (Å²) in [5.74, 6) is 0. The quantitative estimate of drug-likeness (QED) is 0.556. The van der Waals surface area contributed by atoms with E-state index in [0.717, 1.165) is 11.6 Å². The van der Waals surface area contributed by atoms with Gasteiger partial charge in [0.15, 0.2) is 0 Å². The number of sulfonamides is 1. The first-order valence-electron chi connectivity index (χ1n) is 11.3. The van der Waals surface area contributed by atoms with Crippen LogP contribution in [0.15, 0.2) is 41.3 Å². The zero-order valence-electron chi connectivity index (χ0n) is 19.5. The van der Waals surface area contributed by atoms with Crippen molar-refractivity contribution in [1.29, 1.82) is 0 Å². The summed E-state index contributed by atoms with van der Waals surface area (Å²) in [5, 5.41) is 2.16. The zero-order chi connectivity index (χ0) is 25.6. The molecule has 11 heteroatoms. The molecule has 0 bridgehead atoms. The minimum absolute atomic E-state index is 0.188. The molecule has 2 aromatic rings. The van der Waals surface area contributed by atoms with Crippen molar-refractivity contribution in [1.82, 2.24) is 9.21 Å². The number of halogens is 4. The number of urea groups is 1. The first-order valence-corrected chi connectivity index (χ1v) is 13.1. The monoisotopic (exact) mass is 529 g/mol. The van der Waals surface area contributed by atoms with Crippen LogP contribution >= 0.6 is 11.6 Å². The number of piperidine rings is 1. The largest absolute Gasteiger partial charge is 0.418 e. The normalized spacial score (nSPS) is 18.7. The van der Waals surface area contributed by atoms with Gasteiger partial charge in [-0.3, -0.25) is 0 Å². The number of nitrogens with zero attached hydrogens (tertiary/aromatic N) is 2. The third-order valence-electron chi connectivity index (χ3n) is 7.02. The maximum atomic E-state index is 13.4. The van der Waals surface area contributed by atoms with E-state index in [1.165, 1.54) is 21.3 Å². The lowest BCUT2D eigenvalue weighted by atomic mass is 9.78. The number of alkyl halides is 3. The Kier molecular flexibility index (Phi) is 6.85. The van der Waals surface area contributed by atoms with Crippen LogP contribution in [0.25, 0.3) is 0 Å². The van der Waals surface area contributed by atoms with E-state index in [9.17, 15) is 26.4 Å². The third kappa shape index (κ3) is 5.15. The van der Waals surface area contributed by atoms with Gasteiger partial charge in [0.1, 0.15) is 0 Å². The van der Waals surface area contributed by atoms with Crippen molar-refractivity contribution in [3.05, 3.63) is 58.1 Å². The summed E-state index contributed by atoms with van der Waals surface area (Å²) < 4.78 is 68.1. The summed E-state index contributed by atoms with van der Waals surface area (Å²) in [5.41, 5.74) is -0.165. The van der Waals surface area contributed by atoms with Gasteiger partial charge in [0.25, 0.3) is 0 Å². The number of amides is 2. The molecule has 0 aromatic heterocycles. The molecule has 35 heavy (non-hydrogen) atoms. The van der Waals surface area contributed by atoms with Crippen molar-refractivity contribution < 1.29 is 26.4 Å². The van der Waals surface area contributed by atoms with Crippen LogP contribution in [0, 0.1) is 19.3 Å². The summed E-state index contributed by atoms with van der Waals surface area (Å²) in [6, 6.07) is 8.06. The van der Waals surface area contributed by atoms with E-state index in [1.54, 1.807) is 19.1 Å². The molecule has 2 amide bonds. The highest BCUT2D eigenvalue weighted by Crippen LogP contribution is 2.43. The second-order valence-electron chi connectivity index (χ2n) is 9.43. The minimum Gasteiger partial charge on any atom is -0.324 e. The standard InChI is InChI=1S/C24H27ClF3N3O3S/c1-16-6-7-17(2)20(14-16)35(33,34)31-12-9-23(10-13-31)8-11-30(15-23)22(32)29-21-18(24(26,27)28)4-3-5-19(21)25/h3-7,14H,8-13,15H2,1-2H3,(H,29,32). The molecule has 4 rings (SSSR count). The molecular formula is C24H27ClF3N3O3S. The highest BCUT2D eigenvalue weighted by Gasteiger charge is 2.45. The first-order chi connectivity index (χ1) is 16.3. The Morgan fingerprint density at radius 1 is 1.06 bits per heavy atom. The second-order valence-corrected chi connectivity index (χ2v) is 11.7. The van der Waals surface area contributed by atoms with Crippen LogP contribution in [0.2, 0.25) is 5.02 Å². The fourth-order valence-electron chi connectivity index (χ4n) is 4.92. The lowest BCUT2D eigenvalue weighted by molar-refractivity contribution is -0.136. The fraction of sp³-hybridized carbons (Fsp3) is 0.458. The second kappa shape index (κ2) is 9.29. The van der Waals surface area contributed by atoms with Gasteiger partial charge in [0.2, 0.25) is 10.0 Å². The van der Waals surface area contributed by atoms with Gasteiger partial charge in [-0.1, -0.05) is 29.8 Å². The maximum Gasteiger partial charge on any atom is 0.418 e. The van der Waals surface area contributed by atoms with Crippen molar-refractivity contribution >= 4 is 33.3 Å². The van der Waals surface area contributed by atoms with Gasteiger partial charge >= 0.3 is 12.2 Å². The lowest BCUT2D eigenvalue weighted by Gasteiger charge is -2.38. The van der Waals surface area contributed by atoms with E-state index in [-0.39, 0.29) is 10.4 Å². The summed E-state index contributed by atoms with van der Waals surface area (Å²) in [6.07, 6.45) is -2.86. The van der Waals surface area contributed by atoms with Crippen molar-refractivity contribution in [3.63, 3.8) is 0 Å². The zero-order valence-corrected chi connectivity index (χ0v) is 21.0. The molecule has 0 atom stereocenters. The topological polar surface area (TPSA) is 69.7 Å². The van der Waals surface area contributed by atoms with Gasteiger partial charge < -0.3 is 10.2 Å². The number of benzene rings is 2. The predicted octanol–water partition coefficient (Wildman–Crippen LogP) is 5.68. The van der Waals surface area contributed by atoms with Crippen LogP contribution in [0.4, 0.5) is 23.7 Å². The molecule has 190 valence electrons. The fourth-order valence-corrected chi connectivity index (χ4v) is 6.89. The van der Waals surface area contributed by atoms with Crippen LogP contribution in [0.5, 0.6) is 0 Å². The minimum atomic E-state index is -4.66. The van der Waals surface area contributed by atoms with Gasteiger partial charge in [0, 0.05) is 26.2 Å². The summed E-state index contributed by atoms with van der Waals surface area (Å²) in [4.78, 5) is 14.6. The molecule has 2 aliphatic rings. The number of likely N-dealkylation sites (tertiary alicyclic amines) is 1. The smallest absolute Gasteiger partial charge is 0.324 e. The van der Waals surface area contributed by atoms with Gasteiger partial charge in [-0.15, -0.1) is 0 Å². The van der Waals surface area contributed by atoms with E-state index in [2.05, 4.69) is 5.32 Å². The molecule has 0 aliphatic carbocycles.